The molecule has 0 aliphatic carbocycles. The van der Waals surface area contributed by atoms with Gasteiger partial charge in [0.25, 0.3) is 5.91 Å². The molecule has 1 saturated heterocycles. The molecule has 1 aliphatic rings. The molecule has 0 bridgehead atoms. The van der Waals surface area contributed by atoms with Gasteiger partial charge in [-0.15, -0.1) is 11.3 Å². The molecule has 47 heavy (non-hydrogen) atoms. The van der Waals surface area contributed by atoms with Gasteiger partial charge in [0.15, 0.2) is 0 Å². The molecule has 12 heteroatoms. The van der Waals surface area contributed by atoms with E-state index in [-0.39, 0.29) is 48.2 Å². The highest BCUT2D eigenvalue weighted by Crippen LogP contribution is 2.26. The summed E-state index contributed by atoms with van der Waals surface area (Å²) in [6.07, 6.45) is 3.37. The molecule has 3 rings (SSSR count). The average Bonchev–Trinajstić information content (AvgIpc) is 3.54. The number of hydrogen-bond acceptors (Lipinski definition) is 8. The summed E-state index contributed by atoms with van der Waals surface area (Å²) < 4.78 is 0. The van der Waals surface area contributed by atoms with Gasteiger partial charge < -0.3 is 26.2 Å². The van der Waals surface area contributed by atoms with Crippen LogP contribution in [0.4, 0.5) is 0 Å². The van der Waals surface area contributed by atoms with Crippen LogP contribution in [-0.4, -0.2) is 81.5 Å². The zero-order valence-electron chi connectivity index (χ0n) is 28.6. The fourth-order valence-corrected chi connectivity index (χ4v) is 6.69. The number of thiazole rings is 1. The second kappa shape index (κ2) is 18.3. The second-order valence-corrected chi connectivity index (χ2v) is 14.3. The Labute approximate surface area is 282 Å². The number of carboxylic acid groups (broad SMARTS) is 1. The molecule has 5 N–H and O–H groups in total. The average molecular weight is 672 g/mol. The van der Waals surface area contributed by atoms with Gasteiger partial charge in [-0.3, -0.25) is 24.1 Å². The van der Waals surface area contributed by atoms with Crippen LogP contribution in [-0.2, 0) is 20.8 Å². The van der Waals surface area contributed by atoms with E-state index in [0.717, 1.165) is 42.7 Å². The molecule has 260 valence electrons. The van der Waals surface area contributed by atoms with E-state index in [2.05, 4.69) is 20.9 Å². The van der Waals surface area contributed by atoms with Gasteiger partial charge in [-0.1, -0.05) is 77.8 Å². The highest BCUT2D eigenvalue weighted by molar-refractivity contribution is 7.09. The number of hydrogen-bond donors (Lipinski definition) is 5. The monoisotopic (exact) mass is 671 g/mol. The topological polar surface area (TPSA) is 161 Å². The molecule has 1 aliphatic heterocycles. The van der Waals surface area contributed by atoms with E-state index in [0.29, 0.717) is 17.8 Å². The summed E-state index contributed by atoms with van der Waals surface area (Å²) in [6, 6.07) is 7.75. The van der Waals surface area contributed by atoms with E-state index in [9.17, 15) is 29.4 Å². The lowest BCUT2D eigenvalue weighted by Crippen LogP contribution is -2.57. The number of nitrogens with zero attached hydrogens (tertiary/aromatic N) is 2. The maximum Gasteiger partial charge on any atom is 0.306 e. The first kappa shape index (κ1) is 38.1. The molecule has 1 aromatic heterocycles. The smallest absolute Gasteiger partial charge is 0.306 e. The van der Waals surface area contributed by atoms with Crippen molar-refractivity contribution >= 4 is 35.0 Å². The number of piperidine rings is 1. The summed E-state index contributed by atoms with van der Waals surface area (Å²) >= 11 is 1.16. The first-order valence-corrected chi connectivity index (χ1v) is 17.7. The third-order valence-electron chi connectivity index (χ3n) is 9.24. The van der Waals surface area contributed by atoms with Crippen LogP contribution in [0.25, 0.3) is 0 Å². The minimum Gasteiger partial charge on any atom is -0.481 e. The van der Waals surface area contributed by atoms with Crippen LogP contribution in [0.2, 0.25) is 0 Å². The van der Waals surface area contributed by atoms with Crippen molar-refractivity contribution in [2.24, 2.45) is 17.8 Å². The Morgan fingerprint density at radius 2 is 1.72 bits per heavy atom. The Hall–Kier alpha value is -3.35. The van der Waals surface area contributed by atoms with Crippen LogP contribution in [0.5, 0.6) is 0 Å². The first-order valence-electron chi connectivity index (χ1n) is 16.8. The predicted octanol–water partition coefficient (Wildman–Crippen LogP) is 4.17. The van der Waals surface area contributed by atoms with Crippen LogP contribution >= 0.6 is 11.3 Å². The molecule has 7 atom stereocenters. The number of aliphatic carboxylic acids is 1. The molecule has 0 saturated carbocycles. The summed E-state index contributed by atoms with van der Waals surface area (Å²) in [7, 11) is 1.94. The number of likely N-dealkylation sites (N-methyl/N-ethyl adjacent to an activating group) is 1. The van der Waals surface area contributed by atoms with Crippen molar-refractivity contribution in [1.29, 1.82) is 0 Å². The van der Waals surface area contributed by atoms with E-state index < -0.39 is 42.0 Å². The van der Waals surface area contributed by atoms with Crippen LogP contribution in [0.3, 0.4) is 0 Å². The minimum atomic E-state index is -1.03. The SMILES string of the molecule is CC[C@H](C)[C@H](NC(=O)[C@H]1CCCCN1C)C(=O)N[C@H](C[C@H](O)c1nc(C(=O)N[C@@H](Cc2ccccc2)C[C@H](C)C(=O)O)cs1)C(C)C. The third kappa shape index (κ3) is 11.4. The second-order valence-electron chi connectivity index (χ2n) is 13.4. The summed E-state index contributed by atoms with van der Waals surface area (Å²) in [5, 5.41) is 31.6. The van der Waals surface area contributed by atoms with Gasteiger partial charge in [-0.2, -0.15) is 0 Å². The fourth-order valence-electron chi connectivity index (χ4n) is 5.89. The number of nitrogens with one attached hydrogen (secondary N) is 3. The molecular formula is C35H53N5O6S. The van der Waals surface area contributed by atoms with Crippen molar-refractivity contribution in [3.05, 3.63) is 52.0 Å². The van der Waals surface area contributed by atoms with Gasteiger partial charge in [-0.05, 0) is 56.7 Å². The molecule has 2 heterocycles. The van der Waals surface area contributed by atoms with Gasteiger partial charge in [0.05, 0.1) is 12.0 Å². The summed E-state index contributed by atoms with van der Waals surface area (Å²) in [5.74, 6) is -2.55. The van der Waals surface area contributed by atoms with Crippen molar-refractivity contribution in [2.75, 3.05) is 13.6 Å². The van der Waals surface area contributed by atoms with Crippen molar-refractivity contribution in [3.63, 3.8) is 0 Å². The van der Waals surface area contributed by atoms with Crippen molar-refractivity contribution in [1.82, 2.24) is 25.8 Å². The number of carbonyl (C=O) groups is 4. The van der Waals surface area contributed by atoms with Crippen molar-refractivity contribution < 1.29 is 29.4 Å². The number of benzene rings is 1. The highest BCUT2D eigenvalue weighted by Gasteiger charge is 2.34. The van der Waals surface area contributed by atoms with Crippen LogP contribution in [0, 0.1) is 17.8 Å². The number of amides is 3. The normalized spacial score (nSPS) is 19.2. The Bertz CT molecular complexity index is 1320. The largest absolute Gasteiger partial charge is 0.481 e. The summed E-state index contributed by atoms with van der Waals surface area (Å²) in [6.45, 7) is 10.3. The fraction of sp³-hybridized carbons (Fsp3) is 0.629. The van der Waals surface area contributed by atoms with Gasteiger partial charge in [0.1, 0.15) is 22.8 Å². The van der Waals surface area contributed by atoms with E-state index in [1.807, 2.05) is 70.0 Å². The predicted molar refractivity (Wildman–Crippen MR) is 183 cm³/mol. The van der Waals surface area contributed by atoms with Crippen LogP contribution < -0.4 is 16.0 Å². The van der Waals surface area contributed by atoms with Gasteiger partial charge >= 0.3 is 5.97 Å². The molecule has 1 fully saturated rings. The van der Waals surface area contributed by atoms with E-state index in [4.69, 9.17) is 0 Å². The van der Waals surface area contributed by atoms with Gasteiger partial charge in [-0.25, -0.2) is 4.98 Å². The molecule has 11 nitrogen and oxygen atoms in total. The van der Waals surface area contributed by atoms with Gasteiger partial charge in [0.2, 0.25) is 11.8 Å². The van der Waals surface area contributed by atoms with Crippen LogP contribution in [0.1, 0.15) is 100 Å². The standard InChI is InChI=1S/C35H53N5O6S/c1-7-22(4)30(39-32(43)28-15-11-12-16-40(28)6)33(44)37-26(21(2)3)19-29(41)34-38-27(20-47-34)31(42)36-25(17-23(5)35(45)46)18-24-13-9-8-10-14-24/h8-10,13-14,20-23,25-26,28-30,41H,7,11-12,15-19H2,1-6H3,(H,36,42)(H,37,44)(H,39,43)(H,45,46)/t22-,23-,25+,26+,28+,29-,30-/m0/s1. The van der Waals surface area contributed by atoms with Crippen molar-refractivity contribution in [3.8, 4) is 0 Å². The lowest BCUT2D eigenvalue weighted by Gasteiger charge is -2.34. The molecule has 0 spiro atoms. The summed E-state index contributed by atoms with van der Waals surface area (Å²) in [4.78, 5) is 58.0. The van der Waals surface area contributed by atoms with Crippen molar-refractivity contribution in [2.45, 2.75) is 110 Å². The lowest BCUT2D eigenvalue weighted by molar-refractivity contribution is -0.141. The number of likely N-dealkylation sites (tertiary alicyclic amines) is 1. The third-order valence-corrected chi connectivity index (χ3v) is 10.2. The zero-order valence-corrected chi connectivity index (χ0v) is 29.4. The number of carbonyl (C=O) groups excluding carboxylic acids is 3. The number of rotatable bonds is 17. The Morgan fingerprint density at radius 1 is 1.02 bits per heavy atom. The van der Waals surface area contributed by atoms with E-state index in [1.165, 1.54) is 0 Å². The highest BCUT2D eigenvalue weighted by atomic mass is 32.1. The number of aliphatic hydroxyl groups excluding tert-OH is 1. The number of carboxylic acids is 1. The molecule has 2 aromatic rings. The number of aliphatic hydroxyl groups is 1. The van der Waals surface area contributed by atoms with E-state index >= 15 is 0 Å². The molecule has 0 unspecified atom stereocenters. The van der Waals surface area contributed by atoms with Crippen LogP contribution in [0.15, 0.2) is 35.7 Å². The maximum atomic E-state index is 13.6. The van der Waals surface area contributed by atoms with E-state index in [1.54, 1.807) is 12.3 Å². The summed E-state index contributed by atoms with van der Waals surface area (Å²) in [5.41, 5.74) is 1.12. The Balaban J connectivity index is 1.66. The Morgan fingerprint density at radius 3 is 2.34 bits per heavy atom. The maximum absolute atomic E-state index is 13.6. The molecule has 3 amide bonds. The molecule has 1 aromatic carbocycles. The zero-order chi connectivity index (χ0) is 34.7. The minimum absolute atomic E-state index is 0.0240. The lowest BCUT2D eigenvalue weighted by atomic mass is 9.94. The first-order chi connectivity index (χ1) is 22.3. The Kier molecular flexibility index (Phi) is 14.8. The van der Waals surface area contributed by atoms with Gasteiger partial charge in [0, 0.05) is 23.9 Å². The molecular weight excluding hydrogens is 618 g/mol. The molecule has 0 radical (unpaired) electrons. The number of aromatic nitrogens is 1. The quantitative estimate of drug-likeness (QED) is 0.168.